The molecule has 0 aromatic heterocycles. The summed E-state index contributed by atoms with van der Waals surface area (Å²) in [7, 11) is 0. The second-order valence-electron chi connectivity index (χ2n) is 3.99. The molecule has 0 aromatic carbocycles. The van der Waals surface area contributed by atoms with Gasteiger partial charge in [0.25, 0.3) is 0 Å². The molecule has 1 fully saturated rings. The summed E-state index contributed by atoms with van der Waals surface area (Å²) in [5, 5.41) is 25.1. The number of aldehydes is 1. The van der Waals surface area contributed by atoms with Crippen LogP contribution in [0.3, 0.4) is 0 Å². The van der Waals surface area contributed by atoms with E-state index >= 15 is 0 Å². The van der Waals surface area contributed by atoms with E-state index in [9.17, 15) is 19.8 Å². The first kappa shape index (κ1) is 21.3. The minimum atomic E-state index is -1.20. The Hall–Kier alpha value is 1.02. The second-order valence-corrected chi connectivity index (χ2v) is 3.99. The monoisotopic (exact) mass is 275 g/mol. The van der Waals surface area contributed by atoms with Crippen molar-refractivity contribution in [3.63, 3.8) is 0 Å². The van der Waals surface area contributed by atoms with Crippen LogP contribution in [0.15, 0.2) is 0 Å². The van der Waals surface area contributed by atoms with Gasteiger partial charge < -0.3 is 25.1 Å². The Morgan fingerprint density at radius 1 is 1.44 bits per heavy atom. The maximum absolute atomic E-state index is 11.9. The molecular weight excluding hydrogens is 260 g/mol. The Balaban J connectivity index is 0. The maximum Gasteiger partial charge on any atom is 1.00 e. The third kappa shape index (κ3) is 5.19. The first-order valence-corrected chi connectivity index (χ1v) is 5.13. The van der Waals surface area contributed by atoms with Crippen molar-refractivity contribution in [1.82, 2.24) is 5.32 Å². The van der Waals surface area contributed by atoms with E-state index in [1.807, 2.05) is 0 Å². The van der Waals surface area contributed by atoms with E-state index in [1.54, 1.807) is 6.92 Å². The summed E-state index contributed by atoms with van der Waals surface area (Å²) in [5.74, 6) is -0.917. The SMILES string of the molecule is CC(=O)NC1C([O-])[C@H](C)C(C[O-])O[C@H]1C=O.[Na+].[Na+]. The summed E-state index contributed by atoms with van der Waals surface area (Å²) in [6, 6.07) is -0.896. The van der Waals surface area contributed by atoms with Crippen LogP contribution in [-0.4, -0.2) is 43.2 Å². The molecule has 3 unspecified atom stereocenters. The quantitative estimate of drug-likeness (QED) is 0.407. The summed E-state index contributed by atoms with van der Waals surface area (Å²) >= 11 is 0. The first-order chi connectivity index (χ1) is 7.51. The Bertz CT molecular complexity index is 279. The zero-order valence-corrected chi connectivity index (χ0v) is 15.2. The van der Waals surface area contributed by atoms with Crippen molar-refractivity contribution in [3.8, 4) is 0 Å². The van der Waals surface area contributed by atoms with Crippen LogP contribution in [0.5, 0.6) is 0 Å². The van der Waals surface area contributed by atoms with E-state index in [1.165, 1.54) is 6.92 Å². The first-order valence-electron chi connectivity index (χ1n) is 5.13. The van der Waals surface area contributed by atoms with Crippen molar-refractivity contribution >= 4 is 12.2 Å². The summed E-state index contributed by atoms with van der Waals surface area (Å²) in [5.41, 5.74) is 0. The minimum Gasteiger partial charge on any atom is -0.853 e. The molecule has 0 aliphatic carbocycles. The Kier molecular flexibility index (Phi) is 11.7. The van der Waals surface area contributed by atoms with Crippen molar-refractivity contribution in [2.45, 2.75) is 38.2 Å². The number of amides is 1. The van der Waals surface area contributed by atoms with Crippen molar-refractivity contribution in [2.75, 3.05) is 6.61 Å². The van der Waals surface area contributed by atoms with E-state index in [0.717, 1.165) is 0 Å². The van der Waals surface area contributed by atoms with Gasteiger partial charge in [-0.1, -0.05) is 13.0 Å². The minimum absolute atomic E-state index is 0. The predicted octanol–water partition coefficient (Wildman–Crippen LogP) is -8.81. The normalized spacial score (nSPS) is 34.8. The molecule has 0 aromatic rings. The average molecular weight is 275 g/mol. The Morgan fingerprint density at radius 2 is 2.00 bits per heavy atom. The van der Waals surface area contributed by atoms with E-state index in [-0.39, 0.29) is 59.1 Å². The molecule has 1 rings (SSSR count). The third-order valence-corrected chi connectivity index (χ3v) is 2.81. The summed E-state index contributed by atoms with van der Waals surface area (Å²) in [4.78, 5) is 21.6. The molecule has 92 valence electrons. The van der Waals surface area contributed by atoms with Gasteiger partial charge in [0, 0.05) is 19.1 Å². The second kappa shape index (κ2) is 9.85. The Morgan fingerprint density at radius 3 is 2.39 bits per heavy atom. The number of ether oxygens (including phenoxy) is 1. The summed E-state index contributed by atoms with van der Waals surface area (Å²) < 4.78 is 5.19. The molecular formula is C10H15NNa2O5. The van der Waals surface area contributed by atoms with E-state index in [0.29, 0.717) is 6.29 Å². The molecule has 0 bridgehead atoms. The van der Waals surface area contributed by atoms with Crippen LogP contribution in [-0.2, 0) is 14.3 Å². The molecule has 0 saturated carbocycles. The molecule has 1 amide bonds. The molecule has 6 nitrogen and oxygen atoms in total. The number of rotatable bonds is 3. The molecule has 1 aliphatic rings. The van der Waals surface area contributed by atoms with E-state index < -0.39 is 42.8 Å². The summed E-state index contributed by atoms with van der Waals surface area (Å²) in [6.07, 6.45) is -2.53. The van der Waals surface area contributed by atoms with Crippen LogP contribution in [0, 0.1) is 5.92 Å². The van der Waals surface area contributed by atoms with Crippen LogP contribution < -0.4 is 74.6 Å². The molecule has 1 aliphatic heterocycles. The topological polar surface area (TPSA) is 102 Å². The van der Waals surface area contributed by atoms with Crippen molar-refractivity contribution < 1.29 is 83.7 Å². The van der Waals surface area contributed by atoms with Gasteiger partial charge in [0.05, 0.1) is 0 Å². The van der Waals surface area contributed by atoms with Gasteiger partial charge in [-0.15, -0.1) is 6.61 Å². The van der Waals surface area contributed by atoms with Crippen molar-refractivity contribution in [3.05, 3.63) is 0 Å². The fourth-order valence-electron chi connectivity index (χ4n) is 1.84. The number of carbonyl (C=O) groups is 2. The molecule has 18 heavy (non-hydrogen) atoms. The maximum atomic E-state index is 11.9. The number of nitrogens with one attached hydrogen (secondary N) is 1. The number of hydrogen-bond acceptors (Lipinski definition) is 5. The Labute approximate surface area is 150 Å². The third-order valence-electron chi connectivity index (χ3n) is 2.81. The standard InChI is InChI=1S/C10H15NO5.2Na/c1-5-7(3-12)16-8(4-13)9(10(5)15)11-6(2)14;;/h4-5,7-10H,3H2,1-2H3,(H,11,14);;/q-2;2*+1/t5-,7?,8+,9?,10?;;/m1../s1. The van der Waals surface area contributed by atoms with Gasteiger partial charge in [-0.05, 0) is 5.92 Å². The molecule has 0 radical (unpaired) electrons. The van der Waals surface area contributed by atoms with Crippen LogP contribution in [0.1, 0.15) is 13.8 Å². The van der Waals surface area contributed by atoms with Crippen LogP contribution in [0.25, 0.3) is 0 Å². The van der Waals surface area contributed by atoms with Gasteiger partial charge in [0.2, 0.25) is 5.91 Å². The van der Waals surface area contributed by atoms with Gasteiger partial charge in [0.1, 0.15) is 6.10 Å². The van der Waals surface area contributed by atoms with E-state index in [4.69, 9.17) is 4.74 Å². The van der Waals surface area contributed by atoms with Gasteiger partial charge in [0.15, 0.2) is 6.29 Å². The fourth-order valence-corrected chi connectivity index (χ4v) is 1.84. The van der Waals surface area contributed by atoms with Gasteiger partial charge in [-0.3, -0.25) is 4.79 Å². The zero-order chi connectivity index (χ0) is 12.3. The summed E-state index contributed by atoms with van der Waals surface area (Å²) in [6.45, 7) is 2.30. The van der Waals surface area contributed by atoms with Crippen LogP contribution in [0.4, 0.5) is 0 Å². The van der Waals surface area contributed by atoms with Crippen molar-refractivity contribution in [2.24, 2.45) is 5.92 Å². The van der Waals surface area contributed by atoms with Gasteiger partial charge >= 0.3 is 59.1 Å². The zero-order valence-electron chi connectivity index (χ0n) is 11.2. The molecule has 1 N–H and O–H groups in total. The molecule has 0 spiro atoms. The van der Waals surface area contributed by atoms with Crippen LogP contribution in [0.2, 0.25) is 0 Å². The molecule has 5 atom stereocenters. The largest absolute Gasteiger partial charge is 1.00 e. The molecule has 1 saturated heterocycles. The molecule has 8 heteroatoms. The average Bonchev–Trinajstić information content (AvgIpc) is 2.25. The van der Waals surface area contributed by atoms with Crippen molar-refractivity contribution in [1.29, 1.82) is 0 Å². The smallest absolute Gasteiger partial charge is 0.853 e. The number of hydrogen-bond donors (Lipinski definition) is 1. The van der Waals surface area contributed by atoms with Gasteiger partial charge in [-0.25, -0.2) is 0 Å². The number of carbonyl (C=O) groups excluding carboxylic acids is 2. The fraction of sp³-hybridized carbons (Fsp3) is 0.800. The molecule has 1 heterocycles. The van der Waals surface area contributed by atoms with Gasteiger partial charge in [-0.2, -0.15) is 0 Å². The van der Waals surface area contributed by atoms with Crippen LogP contribution >= 0.6 is 0 Å². The predicted molar refractivity (Wildman–Crippen MR) is 50.1 cm³/mol. The van der Waals surface area contributed by atoms with E-state index in [2.05, 4.69) is 5.32 Å².